The fourth-order valence-electron chi connectivity index (χ4n) is 2.46. The number of hydrogen-bond acceptors (Lipinski definition) is 3. The van der Waals surface area contributed by atoms with Gasteiger partial charge in [-0.15, -0.1) is 11.3 Å². The molecule has 2 N–H and O–H groups in total. The molecule has 1 aliphatic rings. The van der Waals surface area contributed by atoms with Crippen molar-refractivity contribution in [3.05, 3.63) is 21.9 Å². The highest BCUT2D eigenvalue weighted by Crippen LogP contribution is 2.28. The Bertz CT molecular complexity index is 372. The molecule has 2 nitrogen and oxygen atoms in total. The van der Waals surface area contributed by atoms with Gasteiger partial charge in [0.2, 0.25) is 0 Å². The summed E-state index contributed by atoms with van der Waals surface area (Å²) >= 11 is 1.56. The van der Waals surface area contributed by atoms with Gasteiger partial charge in [-0.25, -0.2) is 0 Å². The van der Waals surface area contributed by atoms with Crippen LogP contribution in [0.2, 0.25) is 0 Å². The van der Waals surface area contributed by atoms with Crippen LogP contribution in [0.25, 0.3) is 0 Å². The molecule has 2 unspecified atom stereocenters. The molecule has 3 heteroatoms. The Morgan fingerprint density at radius 3 is 2.81 bits per heavy atom. The van der Waals surface area contributed by atoms with Crippen LogP contribution in [0.5, 0.6) is 0 Å². The van der Waals surface area contributed by atoms with Crippen molar-refractivity contribution < 1.29 is 4.79 Å². The Hall–Kier alpha value is -0.670. The minimum atomic E-state index is 0.0554. The second kappa shape index (κ2) is 5.11. The molecule has 1 heterocycles. The standard InChI is InChI=1S/C13H19NOS/c1-9-7-8-16-13(9)12(15)10-5-3-2-4-6-11(10)14/h7-8,10-11H,2-6,14H2,1H3. The summed E-state index contributed by atoms with van der Waals surface area (Å²) in [4.78, 5) is 13.3. The molecule has 88 valence electrons. The molecule has 0 spiro atoms. The summed E-state index contributed by atoms with van der Waals surface area (Å²) in [6.07, 6.45) is 5.52. The molecule has 1 fully saturated rings. The van der Waals surface area contributed by atoms with Gasteiger partial charge in [0, 0.05) is 12.0 Å². The van der Waals surface area contributed by atoms with Crippen LogP contribution in [0.4, 0.5) is 0 Å². The lowest BCUT2D eigenvalue weighted by Crippen LogP contribution is -2.34. The number of ketones is 1. The largest absolute Gasteiger partial charge is 0.327 e. The smallest absolute Gasteiger partial charge is 0.177 e. The monoisotopic (exact) mass is 237 g/mol. The summed E-state index contributed by atoms with van der Waals surface area (Å²) in [5, 5.41) is 1.99. The van der Waals surface area contributed by atoms with E-state index in [0.717, 1.165) is 29.7 Å². The van der Waals surface area contributed by atoms with E-state index in [-0.39, 0.29) is 17.7 Å². The van der Waals surface area contributed by atoms with E-state index in [0.29, 0.717) is 0 Å². The second-order valence-corrected chi connectivity index (χ2v) is 5.62. The third-order valence-corrected chi connectivity index (χ3v) is 4.52. The van der Waals surface area contributed by atoms with Crippen LogP contribution < -0.4 is 5.73 Å². The molecular weight excluding hydrogens is 218 g/mol. The van der Waals surface area contributed by atoms with Crippen LogP contribution in [0, 0.1) is 12.8 Å². The van der Waals surface area contributed by atoms with Crippen molar-refractivity contribution in [1.82, 2.24) is 0 Å². The van der Waals surface area contributed by atoms with Gasteiger partial charge in [0.25, 0.3) is 0 Å². The zero-order chi connectivity index (χ0) is 11.5. The number of Topliss-reactive ketones (excluding diaryl/α,β-unsaturated/α-hetero) is 1. The first-order chi connectivity index (χ1) is 7.70. The first-order valence-corrected chi connectivity index (χ1v) is 6.92. The van der Waals surface area contributed by atoms with E-state index in [1.165, 1.54) is 12.8 Å². The van der Waals surface area contributed by atoms with Crippen LogP contribution in [0.1, 0.15) is 47.3 Å². The summed E-state index contributed by atoms with van der Waals surface area (Å²) in [6, 6.07) is 2.08. The maximum absolute atomic E-state index is 12.4. The Balaban J connectivity index is 2.17. The second-order valence-electron chi connectivity index (χ2n) is 4.71. The Morgan fingerprint density at radius 1 is 1.38 bits per heavy atom. The molecule has 0 bridgehead atoms. The van der Waals surface area contributed by atoms with Gasteiger partial charge < -0.3 is 5.73 Å². The average Bonchev–Trinajstić information content (AvgIpc) is 2.56. The van der Waals surface area contributed by atoms with E-state index < -0.39 is 0 Å². The summed E-state index contributed by atoms with van der Waals surface area (Å²) in [5.74, 6) is 0.335. The fourth-order valence-corrected chi connectivity index (χ4v) is 3.39. The van der Waals surface area contributed by atoms with Crippen molar-refractivity contribution in [2.24, 2.45) is 11.7 Å². The number of carbonyl (C=O) groups is 1. The number of carbonyl (C=O) groups excluding carboxylic acids is 1. The number of hydrogen-bond donors (Lipinski definition) is 1. The minimum Gasteiger partial charge on any atom is -0.327 e. The van der Waals surface area contributed by atoms with Gasteiger partial charge in [-0.05, 0) is 36.8 Å². The topological polar surface area (TPSA) is 43.1 Å². The van der Waals surface area contributed by atoms with Crippen LogP contribution in [-0.2, 0) is 0 Å². The van der Waals surface area contributed by atoms with Gasteiger partial charge >= 0.3 is 0 Å². The first kappa shape index (κ1) is 11.8. The third kappa shape index (κ3) is 2.36. The van der Waals surface area contributed by atoms with Crippen molar-refractivity contribution in [2.75, 3.05) is 0 Å². The van der Waals surface area contributed by atoms with Crippen molar-refractivity contribution >= 4 is 17.1 Å². The zero-order valence-electron chi connectivity index (χ0n) is 9.74. The van der Waals surface area contributed by atoms with Crippen molar-refractivity contribution in [3.63, 3.8) is 0 Å². The summed E-state index contributed by atoms with van der Waals surface area (Å²) in [5.41, 5.74) is 7.22. The van der Waals surface area contributed by atoms with Crippen LogP contribution >= 0.6 is 11.3 Å². The van der Waals surface area contributed by atoms with E-state index in [9.17, 15) is 4.79 Å². The molecule has 0 saturated heterocycles. The van der Waals surface area contributed by atoms with E-state index in [1.54, 1.807) is 11.3 Å². The van der Waals surface area contributed by atoms with E-state index in [4.69, 9.17) is 5.73 Å². The molecule has 16 heavy (non-hydrogen) atoms. The van der Waals surface area contributed by atoms with Gasteiger partial charge in [0.15, 0.2) is 5.78 Å². The fraction of sp³-hybridized carbons (Fsp3) is 0.615. The van der Waals surface area contributed by atoms with Crippen molar-refractivity contribution in [2.45, 2.75) is 45.1 Å². The maximum Gasteiger partial charge on any atom is 0.177 e. The highest BCUT2D eigenvalue weighted by molar-refractivity contribution is 7.12. The minimum absolute atomic E-state index is 0.0554. The molecule has 2 rings (SSSR count). The lowest BCUT2D eigenvalue weighted by molar-refractivity contribution is 0.0898. The lowest BCUT2D eigenvalue weighted by Gasteiger charge is -2.19. The first-order valence-electron chi connectivity index (χ1n) is 6.04. The summed E-state index contributed by atoms with van der Waals surface area (Å²) in [6.45, 7) is 2.01. The van der Waals surface area contributed by atoms with Crippen molar-refractivity contribution in [3.8, 4) is 0 Å². The zero-order valence-corrected chi connectivity index (χ0v) is 10.6. The SMILES string of the molecule is Cc1ccsc1C(=O)C1CCCCCC1N. The molecule has 1 aliphatic carbocycles. The highest BCUT2D eigenvalue weighted by Gasteiger charge is 2.29. The van der Waals surface area contributed by atoms with E-state index >= 15 is 0 Å². The van der Waals surface area contributed by atoms with Gasteiger partial charge in [0.1, 0.15) is 0 Å². The molecular formula is C13H19NOS. The molecule has 1 saturated carbocycles. The van der Waals surface area contributed by atoms with Crippen LogP contribution in [-0.4, -0.2) is 11.8 Å². The quantitative estimate of drug-likeness (QED) is 0.634. The molecule has 1 aromatic heterocycles. The van der Waals surface area contributed by atoms with Gasteiger partial charge in [-0.1, -0.05) is 19.3 Å². The molecule has 1 aromatic rings. The Morgan fingerprint density at radius 2 is 2.12 bits per heavy atom. The van der Waals surface area contributed by atoms with E-state index in [1.807, 2.05) is 18.4 Å². The Kier molecular flexibility index (Phi) is 3.77. The molecule has 0 radical (unpaired) electrons. The van der Waals surface area contributed by atoms with Gasteiger partial charge in [-0.2, -0.15) is 0 Å². The predicted octanol–water partition coefficient (Wildman–Crippen LogP) is 3.15. The molecule has 0 aromatic carbocycles. The number of aryl methyl sites for hydroxylation is 1. The predicted molar refractivity (Wildman–Crippen MR) is 67.9 cm³/mol. The van der Waals surface area contributed by atoms with Gasteiger partial charge in [-0.3, -0.25) is 4.79 Å². The summed E-state index contributed by atoms with van der Waals surface area (Å²) in [7, 11) is 0. The normalized spacial score (nSPS) is 26.4. The Labute approximate surface area is 101 Å². The third-order valence-electron chi connectivity index (χ3n) is 3.49. The average molecular weight is 237 g/mol. The summed E-state index contributed by atoms with van der Waals surface area (Å²) < 4.78 is 0. The van der Waals surface area contributed by atoms with Gasteiger partial charge in [0.05, 0.1) is 4.88 Å². The van der Waals surface area contributed by atoms with E-state index in [2.05, 4.69) is 0 Å². The highest BCUT2D eigenvalue weighted by atomic mass is 32.1. The maximum atomic E-state index is 12.4. The molecule has 0 amide bonds. The van der Waals surface area contributed by atoms with Crippen LogP contribution in [0.15, 0.2) is 11.4 Å². The molecule has 0 aliphatic heterocycles. The lowest BCUT2D eigenvalue weighted by atomic mass is 9.89. The van der Waals surface area contributed by atoms with Crippen LogP contribution in [0.3, 0.4) is 0 Å². The number of nitrogens with two attached hydrogens (primary N) is 1. The van der Waals surface area contributed by atoms with Crippen molar-refractivity contribution in [1.29, 1.82) is 0 Å². The molecule has 2 atom stereocenters. The number of thiophene rings is 1. The number of rotatable bonds is 2.